The van der Waals surface area contributed by atoms with E-state index in [0.717, 1.165) is 17.1 Å². The number of aliphatic hydroxyl groups is 1. The Morgan fingerprint density at radius 3 is 2.11 bits per heavy atom. The molecule has 0 saturated heterocycles. The Morgan fingerprint density at radius 2 is 1.71 bits per heavy atom. The van der Waals surface area contributed by atoms with Crippen LogP contribution in [0.3, 0.4) is 0 Å². The third-order valence-corrected chi connectivity index (χ3v) is 3.86. The number of carbonyl (C=O) groups excluding carboxylic acids is 2. The zero-order valence-corrected chi connectivity index (χ0v) is 22.8. The summed E-state index contributed by atoms with van der Waals surface area (Å²) in [5, 5.41) is 11.3. The molecule has 1 atom stereocenters. The van der Waals surface area contributed by atoms with Gasteiger partial charge in [-0.3, -0.25) is 4.79 Å². The highest BCUT2D eigenvalue weighted by molar-refractivity contribution is 5.63. The van der Waals surface area contributed by atoms with Crippen LogP contribution in [0.1, 0.15) is 46.6 Å². The van der Waals surface area contributed by atoms with Crippen molar-refractivity contribution in [3.8, 4) is 11.5 Å². The molecule has 0 aliphatic heterocycles. The molecule has 0 heterocycles. The van der Waals surface area contributed by atoms with E-state index < -0.39 is 6.04 Å². The predicted molar refractivity (Wildman–Crippen MR) is 142 cm³/mol. The van der Waals surface area contributed by atoms with Gasteiger partial charge >= 0.3 is 0 Å². The van der Waals surface area contributed by atoms with Crippen LogP contribution in [-0.2, 0) is 25.7 Å². The number of carbonyl (C=O) groups is 2. The number of rotatable bonds is 11. The number of aldehydes is 1. The van der Waals surface area contributed by atoms with Gasteiger partial charge in [-0.2, -0.15) is 0 Å². The number of allylic oxidation sites excluding steroid dienone is 3. The number of hydrogen-bond donors (Lipinski definition) is 2. The van der Waals surface area contributed by atoms with Crippen LogP contribution in [0.15, 0.2) is 54.8 Å². The van der Waals surface area contributed by atoms with Crippen LogP contribution in [-0.4, -0.2) is 57.9 Å². The summed E-state index contributed by atoms with van der Waals surface area (Å²) in [5.41, 5.74) is 1.06. The fraction of sp³-hybridized carbons (Fsp3) is 0.481. The quantitative estimate of drug-likeness (QED) is 0.248. The minimum atomic E-state index is -0.511. The molecule has 8 nitrogen and oxygen atoms in total. The highest BCUT2D eigenvalue weighted by Gasteiger charge is 2.04. The predicted octanol–water partition coefficient (Wildman–Crippen LogP) is 5.18. The fourth-order valence-electron chi connectivity index (χ4n) is 1.84. The van der Waals surface area contributed by atoms with Crippen molar-refractivity contribution in [2.75, 3.05) is 28.4 Å². The van der Waals surface area contributed by atoms with Crippen molar-refractivity contribution < 1.29 is 33.6 Å². The molecule has 0 spiro atoms. The molecule has 0 saturated carbocycles. The maximum absolute atomic E-state index is 10.3. The zero-order chi connectivity index (χ0) is 27.7. The smallest absolute Gasteiger partial charge is 0.207 e. The summed E-state index contributed by atoms with van der Waals surface area (Å²) in [6.45, 7) is 14.0. The maximum atomic E-state index is 10.3. The molecule has 1 rings (SSSR count). The molecule has 0 radical (unpaired) electrons. The first-order valence-corrected chi connectivity index (χ1v) is 11.2. The van der Waals surface area contributed by atoms with Crippen molar-refractivity contribution in [3.05, 3.63) is 60.4 Å². The SMILES string of the molecule is C=C/C(O)=C\C=C\C[C@H](C=O)NC=O.CC.COC(C)(C)C.COCc1ccc(OC)cc1OC. The molecule has 1 aromatic carbocycles. The van der Waals surface area contributed by atoms with E-state index in [1.165, 1.54) is 12.2 Å². The molecular formula is C27H45NO7. The number of benzene rings is 1. The number of hydrogen-bond acceptors (Lipinski definition) is 7. The van der Waals surface area contributed by atoms with Crippen molar-refractivity contribution in [1.29, 1.82) is 0 Å². The first kappa shape index (κ1) is 36.5. The number of aliphatic hydroxyl groups excluding tert-OH is 1. The summed E-state index contributed by atoms with van der Waals surface area (Å²) in [5.74, 6) is 1.63. The van der Waals surface area contributed by atoms with Gasteiger partial charge in [0.2, 0.25) is 6.41 Å². The van der Waals surface area contributed by atoms with E-state index in [2.05, 4.69) is 11.9 Å². The van der Waals surface area contributed by atoms with Gasteiger partial charge in [0.25, 0.3) is 0 Å². The zero-order valence-electron chi connectivity index (χ0n) is 22.8. The largest absolute Gasteiger partial charge is 0.508 e. The van der Waals surface area contributed by atoms with E-state index in [-0.39, 0.29) is 11.4 Å². The van der Waals surface area contributed by atoms with E-state index >= 15 is 0 Å². The Labute approximate surface area is 211 Å². The minimum Gasteiger partial charge on any atom is -0.508 e. The summed E-state index contributed by atoms with van der Waals surface area (Å²) in [6, 6.07) is 5.15. The van der Waals surface area contributed by atoms with Gasteiger partial charge in [0.15, 0.2) is 0 Å². The Morgan fingerprint density at radius 1 is 1.11 bits per heavy atom. The van der Waals surface area contributed by atoms with E-state index in [9.17, 15) is 9.59 Å². The van der Waals surface area contributed by atoms with Gasteiger partial charge < -0.3 is 34.2 Å². The van der Waals surface area contributed by atoms with Gasteiger partial charge in [0, 0.05) is 25.8 Å². The topological polar surface area (TPSA) is 103 Å². The highest BCUT2D eigenvalue weighted by Crippen LogP contribution is 2.24. The molecule has 1 aromatic rings. The summed E-state index contributed by atoms with van der Waals surface area (Å²) in [4.78, 5) is 20.3. The summed E-state index contributed by atoms with van der Waals surface area (Å²) in [6.07, 6.45) is 7.50. The molecule has 0 aliphatic carbocycles. The standard InChI is InChI=1S/C10H13NO3.C10H14O3.C5H12O.C2H6/c1-2-10(14)6-4-3-5-9(7-12)11-8-13;1-11-7-8-4-5-9(12-2)6-10(8)13-3;1-5(2,3)6-4;1-2/h2-4,6-9,14H,1,5H2,(H,11,13);4-6H,7H2,1-3H3;1-4H3;1-2H3/b4-3+,10-6+;;;/t9-;;;/m1.../s1. The molecule has 0 aliphatic rings. The third-order valence-electron chi connectivity index (χ3n) is 3.86. The van der Waals surface area contributed by atoms with Gasteiger partial charge in [-0.15, -0.1) is 0 Å². The van der Waals surface area contributed by atoms with Crippen LogP contribution in [0.5, 0.6) is 11.5 Å². The molecule has 0 bridgehead atoms. The molecule has 35 heavy (non-hydrogen) atoms. The van der Waals surface area contributed by atoms with Crippen LogP contribution in [0.25, 0.3) is 0 Å². The third kappa shape index (κ3) is 22.5. The van der Waals surface area contributed by atoms with Gasteiger partial charge in [-0.25, -0.2) is 0 Å². The van der Waals surface area contributed by atoms with Crippen molar-refractivity contribution in [2.45, 2.75) is 59.3 Å². The summed E-state index contributed by atoms with van der Waals surface area (Å²) in [7, 11) is 6.63. The van der Waals surface area contributed by atoms with E-state index in [0.29, 0.717) is 25.7 Å². The Hall–Kier alpha value is -3.10. The van der Waals surface area contributed by atoms with Crippen molar-refractivity contribution >= 4 is 12.7 Å². The lowest BCUT2D eigenvalue weighted by atomic mass is 10.2. The molecule has 8 heteroatoms. The van der Waals surface area contributed by atoms with Crippen LogP contribution in [0, 0.1) is 0 Å². The summed E-state index contributed by atoms with van der Waals surface area (Å²) >= 11 is 0. The Balaban J connectivity index is -0.000000452. The molecular weight excluding hydrogens is 450 g/mol. The van der Waals surface area contributed by atoms with E-state index in [4.69, 9.17) is 24.1 Å². The maximum Gasteiger partial charge on any atom is 0.207 e. The van der Waals surface area contributed by atoms with E-state index in [1.807, 2.05) is 52.8 Å². The number of amides is 1. The van der Waals surface area contributed by atoms with Gasteiger partial charge in [-0.1, -0.05) is 32.6 Å². The van der Waals surface area contributed by atoms with Crippen LogP contribution in [0.4, 0.5) is 0 Å². The Bertz CT molecular complexity index is 738. The molecule has 0 aromatic heterocycles. The average Bonchev–Trinajstić information content (AvgIpc) is 2.87. The second-order valence-electron chi connectivity index (χ2n) is 7.41. The summed E-state index contributed by atoms with van der Waals surface area (Å²) < 4.78 is 20.2. The molecule has 200 valence electrons. The van der Waals surface area contributed by atoms with Crippen LogP contribution < -0.4 is 14.8 Å². The van der Waals surface area contributed by atoms with Gasteiger partial charge in [-0.05, 0) is 51.5 Å². The van der Waals surface area contributed by atoms with Crippen LogP contribution >= 0.6 is 0 Å². The van der Waals surface area contributed by atoms with Crippen molar-refractivity contribution in [3.63, 3.8) is 0 Å². The lowest BCUT2D eigenvalue weighted by Crippen LogP contribution is -2.28. The monoisotopic (exact) mass is 495 g/mol. The van der Waals surface area contributed by atoms with Gasteiger partial charge in [0.1, 0.15) is 23.5 Å². The average molecular weight is 496 g/mol. The number of methoxy groups -OCH3 is 4. The number of ether oxygens (including phenoxy) is 4. The lowest BCUT2D eigenvalue weighted by molar-refractivity contribution is -0.115. The van der Waals surface area contributed by atoms with Crippen molar-refractivity contribution in [1.82, 2.24) is 5.32 Å². The molecule has 2 N–H and O–H groups in total. The van der Waals surface area contributed by atoms with Gasteiger partial charge in [0.05, 0.1) is 32.5 Å². The second-order valence-corrected chi connectivity index (χ2v) is 7.41. The first-order valence-electron chi connectivity index (χ1n) is 11.2. The minimum absolute atomic E-state index is 0.0417. The first-order chi connectivity index (χ1) is 16.6. The van der Waals surface area contributed by atoms with Crippen molar-refractivity contribution in [2.24, 2.45) is 0 Å². The lowest BCUT2D eigenvalue weighted by Gasteiger charge is -2.14. The number of nitrogens with one attached hydrogen (secondary N) is 1. The molecule has 0 unspecified atom stereocenters. The van der Waals surface area contributed by atoms with E-state index in [1.54, 1.807) is 40.6 Å². The highest BCUT2D eigenvalue weighted by atomic mass is 16.5. The van der Waals surface area contributed by atoms with Crippen LogP contribution in [0.2, 0.25) is 0 Å². The second kappa shape index (κ2) is 24.0. The molecule has 0 fully saturated rings. The normalized spacial score (nSPS) is 11.3. The fourth-order valence-corrected chi connectivity index (χ4v) is 1.84. The Kier molecular flexibility index (Phi) is 25.0. The molecule has 1 amide bonds.